The Bertz CT molecular complexity index is 1480. The van der Waals surface area contributed by atoms with Crippen molar-refractivity contribution in [1.29, 1.82) is 0 Å². The van der Waals surface area contributed by atoms with Crippen LogP contribution in [0.2, 0.25) is 5.02 Å². The number of rotatable bonds is 7. The number of halogens is 1. The highest BCUT2D eigenvalue weighted by Gasteiger charge is 2.17. The van der Waals surface area contributed by atoms with E-state index >= 15 is 0 Å². The fraction of sp³-hybridized carbons (Fsp3) is 0.160. The molecule has 0 spiro atoms. The van der Waals surface area contributed by atoms with E-state index in [1.54, 1.807) is 66.7 Å². The number of hydrogen-bond acceptors (Lipinski definition) is 5. The number of carbonyl (C=O) groups excluding carboxylic acids is 1. The molecule has 0 bridgehead atoms. The molecular weight excluding hydrogens is 458 g/mol. The summed E-state index contributed by atoms with van der Waals surface area (Å²) in [5.74, 6) is 0.518. The largest absolute Gasteiger partial charge is 0.497 e. The lowest BCUT2D eigenvalue weighted by Gasteiger charge is -2.15. The van der Waals surface area contributed by atoms with Crippen molar-refractivity contribution in [2.75, 3.05) is 19.5 Å². The van der Waals surface area contributed by atoms with Gasteiger partial charge in [0.15, 0.2) is 0 Å². The van der Waals surface area contributed by atoms with Crippen molar-refractivity contribution in [3.8, 4) is 11.5 Å². The summed E-state index contributed by atoms with van der Waals surface area (Å²) in [5, 5.41) is 3.65. The van der Waals surface area contributed by atoms with Gasteiger partial charge in [-0.05, 0) is 42.0 Å². The topological polar surface area (TPSA) is 91.6 Å². The number of nitrogens with zero attached hydrogens (tertiary/aromatic N) is 2. The first-order valence-electron chi connectivity index (χ1n) is 10.4. The van der Waals surface area contributed by atoms with Gasteiger partial charge in [0.1, 0.15) is 18.0 Å². The van der Waals surface area contributed by atoms with Gasteiger partial charge in [0.25, 0.3) is 5.56 Å². The fourth-order valence-electron chi connectivity index (χ4n) is 3.68. The highest BCUT2D eigenvalue weighted by Crippen LogP contribution is 2.28. The predicted octanol–water partition coefficient (Wildman–Crippen LogP) is 3.52. The van der Waals surface area contributed by atoms with Gasteiger partial charge in [-0.2, -0.15) is 0 Å². The number of para-hydroxylation sites is 1. The van der Waals surface area contributed by atoms with Crippen molar-refractivity contribution in [3.05, 3.63) is 98.2 Å². The van der Waals surface area contributed by atoms with Crippen LogP contribution in [0.1, 0.15) is 5.56 Å². The van der Waals surface area contributed by atoms with Crippen LogP contribution in [-0.4, -0.2) is 29.3 Å². The van der Waals surface area contributed by atoms with Crippen LogP contribution in [0.3, 0.4) is 0 Å². The number of methoxy groups -OCH3 is 2. The van der Waals surface area contributed by atoms with Crippen LogP contribution >= 0.6 is 11.6 Å². The molecule has 4 rings (SSSR count). The van der Waals surface area contributed by atoms with E-state index in [2.05, 4.69) is 5.32 Å². The molecule has 174 valence electrons. The highest BCUT2D eigenvalue weighted by molar-refractivity contribution is 6.30. The Morgan fingerprint density at radius 1 is 0.941 bits per heavy atom. The van der Waals surface area contributed by atoms with Crippen molar-refractivity contribution < 1.29 is 14.3 Å². The van der Waals surface area contributed by atoms with E-state index in [0.29, 0.717) is 33.1 Å². The SMILES string of the molecule is COc1ccc(OC)c(NC(=O)Cn2c(=O)n(Cc3ccc(Cl)cc3)c(=O)c3ccccc32)c1. The van der Waals surface area contributed by atoms with Gasteiger partial charge in [-0.25, -0.2) is 4.79 Å². The summed E-state index contributed by atoms with van der Waals surface area (Å²) < 4.78 is 12.9. The number of ether oxygens (including phenoxy) is 2. The lowest BCUT2D eigenvalue weighted by molar-refractivity contribution is -0.116. The van der Waals surface area contributed by atoms with Gasteiger partial charge in [0.2, 0.25) is 5.91 Å². The maximum atomic E-state index is 13.4. The standard InChI is InChI=1S/C25H22ClN3O5/c1-33-18-11-12-22(34-2)20(13-18)27-23(30)15-28-21-6-4-3-5-19(21)24(31)29(25(28)32)14-16-7-9-17(26)10-8-16/h3-13H,14-15H2,1-2H3,(H,27,30). The van der Waals surface area contributed by atoms with Gasteiger partial charge in [0, 0.05) is 11.1 Å². The van der Waals surface area contributed by atoms with Crippen molar-refractivity contribution in [2.24, 2.45) is 0 Å². The molecule has 9 heteroatoms. The van der Waals surface area contributed by atoms with E-state index in [4.69, 9.17) is 21.1 Å². The number of nitrogens with one attached hydrogen (secondary N) is 1. The zero-order chi connectivity index (χ0) is 24.2. The van der Waals surface area contributed by atoms with Gasteiger partial charge >= 0.3 is 5.69 Å². The summed E-state index contributed by atoms with van der Waals surface area (Å²) in [5.41, 5.74) is 0.486. The summed E-state index contributed by atoms with van der Waals surface area (Å²) in [6.45, 7) is -0.258. The molecule has 0 saturated carbocycles. The van der Waals surface area contributed by atoms with Crippen molar-refractivity contribution in [2.45, 2.75) is 13.1 Å². The number of hydrogen-bond donors (Lipinski definition) is 1. The summed E-state index contributed by atoms with van der Waals surface area (Å²) in [6.07, 6.45) is 0. The molecule has 0 aliphatic rings. The fourth-order valence-corrected chi connectivity index (χ4v) is 3.81. The molecule has 0 fully saturated rings. The first-order valence-corrected chi connectivity index (χ1v) is 10.8. The number of carbonyl (C=O) groups is 1. The second kappa shape index (κ2) is 9.84. The molecule has 1 aromatic heterocycles. The molecule has 0 radical (unpaired) electrons. The van der Waals surface area contributed by atoms with Crippen molar-refractivity contribution >= 4 is 34.1 Å². The maximum absolute atomic E-state index is 13.4. The average molecular weight is 480 g/mol. The monoisotopic (exact) mass is 479 g/mol. The van der Waals surface area contributed by atoms with Gasteiger partial charge in [0.05, 0.1) is 37.4 Å². The van der Waals surface area contributed by atoms with Gasteiger partial charge in [-0.3, -0.25) is 18.7 Å². The Morgan fingerprint density at radius 2 is 1.68 bits per heavy atom. The van der Waals surface area contributed by atoms with Crippen LogP contribution in [0.5, 0.6) is 11.5 Å². The van der Waals surface area contributed by atoms with Crippen LogP contribution in [0.15, 0.2) is 76.3 Å². The van der Waals surface area contributed by atoms with Crippen LogP contribution in [0.4, 0.5) is 5.69 Å². The average Bonchev–Trinajstić information content (AvgIpc) is 2.85. The lowest BCUT2D eigenvalue weighted by Crippen LogP contribution is -2.42. The lowest BCUT2D eigenvalue weighted by atomic mass is 10.2. The molecule has 4 aromatic rings. The number of benzene rings is 3. The molecule has 0 aliphatic carbocycles. The molecule has 1 heterocycles. The number of amides is 1. The molecular formula is C25H22ClN3O5. The molecule has 0 atom stereocenters. The Morgan fingerprint density at radius 3 is 2.38 bits per heavy atom. The minimum absolute atomic E-state index is 0.0466. The van der Waals surface area contributed by atoms with Crippen LogP contribution in [0, 0.1) is 0 Å². The Balaban J connectivity index is 1.74. The van der Waals surface area contributed by atoms with E-state index < -0.39 is 17.2 Å². The van der Waals surface area contributed by atoms with Crippen molar-refractivity contribution in [1.82, 2.24) is 9.13 Å². The summed E-state index contributed by atoms with van der Waals surface area (Å²) in [4.78, 5) is 39.4. The molecule has 0 saturated heterocycles. The van der Waals surface area contributed by atoms with E-state index in [1.807, 2.05) is 0 Å². The number of aromatic nitrogens is 2. The van der Waals surface area contributed by atoms with Gasteiger partial charge in [-0.1, -0.05) is 35.9 Å². The summed E-state index contributed by atoms with van der Waals surface area (Å²) >= 11 is 5.95. The first kappa shape index (κ1) is 23.1. The van der Waals surface area contributed by atoms with E-state index in [9.17, 15) is 14.4 Å². The minimum Gasteiger partial charge on any atom is -0.497 e. The van der Waals surface area contributed by atoms with Crippen LogP contribution in [0.25, 0.3) is 10.9 Å². The third-order valence-corrected chi connectivity index (χ3v) is 5.62. The Kier molecular flexibility index (Phi) is 6.70. The smallest absolute Gasteiger partial charge is 0.332 e. The predicted molar refractivity (Wildman–Crippen MR) is 131 cm³/mol. The maximum Gasteiger partial charge on any atom is 0.332 e. The molecule has 1 N–H and O–H groups in total. The Labute approximate surface area is 199 Å². The van der Waals surface area contributed by atoms with Gasteiger partial charge in [-0.15, -0.1) is 0 Å². The first-order chi connectivity index (χ1) is 16.4. The summed E-state index contributed by atoms with van der Waals surface area (Å²) in [7, 11) is 3.01. The highest BCUT2D eigenvalue weighted by atomic mass is 35.5. The number of anilines is 1. The second-order valence-corrected chi connectivity index (χ2v) is 7.95. The molecule has 0 aliphatic heterocycles. The van der Waals surface area contributed by atoms with E-state index in [1.165, 1.54) is 18.8 Å². The molecule has 34 heavy (non-hydrogen) atoms. The zero-order valence-electron chi connectivity index (χ0n) is 18.6. The Hall–Kier alpha value is -4.04. The second-order valence-electron chi connectivity index (χ2n) is 7.52. The molecule has 1 amide bonds. The third kappa shape index (κ3) is 4.67. The van der Waals surface area contributed by atoms with Crippen LogP contribution in [-0.2, 0) is 17.9 Å². The van der Waals surface area contributed by atoms with Crippen molar-refractivity contribution in [3.63, 3.8) is 0 Å². The van der Waals surface area contributed by atoms with E-state index in [0.717, 1.165) is 10.1 Å². The molecule has 0 unspecified atom stereocenters. The zero-order valence-corrected chi connectivity index (χ0v) is 19.3. The van der Waals surface area contributed by atoms with Gasteiger partial charge < -0.3 is 14.8 Å². The molecule has 8 nitrogen and oxygen atoms in total. The molecule has 3 aromatic carbocycles. The third-order valence-electron chi connectivity index (χ3n) is 5.37. The number of fused-ring (bicyclic) bond motifs is 1. The summed E-state index contributed by atoms with van der Waals surface area (Å²) in [6, 6.07) is 18.6. The van der Waals surface area contributed by atoms with E-state index in [-0.39, 0.29) is 13.1 Å². The minimum atomic E-state index is -0.591. The van der Waals surface area contributed by atoms with Crippen LogP contribution < -0.4 is 26.0 Å². The quantitative estimate of drug-likeness (QED) is 0.438. The normalized spacial score (nSPS) is 10.8.